The highest BCUT2D eigenvalue weighted by Crippen LogP contribution is 2.32. The first-order chi connectivity index (χ1) is 7.47. The number of ether oxygens (including phenoxy) is 1. The standard InChI is InChI=1S/C12H24N2O2/c1-7(13-5)6-14-12(15)11-8(2)9(3)16-10(11)4/h7-11,13H,6H2,1-5H3,(H,14,15). The molecule has 1 aliphatic rings. The number of rotatable bonds is 4. The third-order valence-electron chi connectivity index (χ3n) is 3.62. The molecular formula is C12H24N2O2. The summed E-state index contributed by atoms with van der Waals surface area (Å²) in [5, 5.41) is 6.07. The summed E-state index contributed by atoms with van der Waals surface area (Å²) < 4.78 is 5.66. The average Bonchev–Trinajstić information content (AvgIpc) is 2.49. The van der Waals surface area contributed by atoms with E-state index in [4.69, 9.17) is 4.74 Å². The Bertz CT molecular complexity index is 245. The maximum absolute atomic E-state index is 12.0. The van der Waals surface area contributed by atoms with Gasteiger partial charge in [-0.15, -0.1) is 0 Å². The summed E-state index contributed by atoms with van der Waals surface area (Å²) in [5.74, 6) is 0.394. The Kier molecular flexibility index (Phi) is 4.74. The van der Waals surface area contributed by atoms with E-state index in [9.17, 15) is 4.79 Å². The van der Waals surface area contributed by atoms with Gasteiger partial charge >= 0.3 is 0 Å². The Morgan fingerprint density at radius 3 is 2.38 bits per heavy atom. The summed E-state index contributed by atoms with van der Waals surface area (Å²) in [6, 6.07) is 0.300. The molecular weight excluding hydrogens is 204 g/mol. The molecule has 1 rings (SSSR count). The third-order valence-corrected chi connectivity index (χ3v) is 3.62. The van der Waals surface area contributed by atoms with E-state index in [1.54, 1.807) is 0 Å². The zero-order valence-corrected chi connectivity index (χ0v) is 10.9. The van der Waals surface area contributed by atoms with Gasteiger partial charge in [0.25, 0.3) is 0 Å². The lowest BCUT2D eigenvalue weighted by Crippen LogP contribution is -2.43. The van der Waals surface area contributed by atoms with Crippen molar-refractivity contribution < 1.29 is 9.53 Å². The molecule has 1 saturated heterocycles. The van der Waals surface area contributed by atoms with Crippen molar-refractivity contribution in [1.82, 2.24) is 10.6 Å². The van der Waals surface area contributed by atoms with Gasteiger partial charge in [-0.05, 0) is 33.7 Å². The first-order valence-electron chi connectivity index (χ1n) is 6.07. The van der Waals surface area contributed by atoms with Gasteiger partial charge in [-0.25, -0.2) is 0 Å². The van der Waals surface area contributed by atoms with Crippen molar-refractivity contribution in [3.63, 3.8) is 0 Å². The average molecular weight is 228 g/mol. The minimum atomic E-state index is -0.0148. The van der Waals surface area contributed by atoms with Crippen LogP contribution in [0.15, 0.2) is 0 Å². The molecule has 4 nitrogen and oxygen atoms in total. The van der Waals surface area contributed by atoms with Crippen LogP contribution in [0, 0.1) is 11.8 Å². The van der Waals surface area contributed by atoms with Gasteiger partial charge in [-0.3, -0.25) is 4.79 Å². The van der Waals surface area contributed by atoms with Crippen molar-refractivity contribution >= 4 is 5.91 Å². The molecule has 1 aliphatic heterocycles. The minimum absolute atomic E-state index is 0.0148. The van der Waals surface area contributed by atoms with Crippen LogP contribution in [0.3, 0.4) is 0 Å². The predicted octanol–water partition coefficient (Wildman–Crippen LogP) is 0.770. The van der Waals surface area contributed by atoms with Gasteiger partial charge in [-0.1, -0.05) is 6.92 Å². The first kappa shape index (κ1) is 13.5. The van der Waals surface area contributed by atoms with E-state index in [1.165, 1.54) is 0 Å². The topological polar surface area (TPSA) is 50.4 Å². The summed E-state index contributed by atoms with van der Waals surface area (Å²) >= 11 is 0. The van der Waals surface area contributed by atoms with Crippen LogP contribution in [0.2, 0.25) is 0 Å². The molecule has 0 spiro atoms. The van der Waals surface area contributed by atoms with Crippen molar-refractivity contribution in [2.45, 2.75) is 45.9 Å². The largest absolute Gasteiger partial charge is 0.374 e. The molecule has 94 valence electrons. The van der Waals surface area contributed by atoms with Gasteiger partial charge in [-0.2, -0.15) is 0 Å². The summed E-state index contributed by atoms with van der Waals surface area (Å²) in [6.45, 7) is 8.80. The second-order valence-electron chi connectivity index (χ2n) is 4.87. The number of nitrogens with one attached hydrogen (secondary N) is 2. The maximum atomic E-state index is 12.0. The van der Waals surface area contributed by atoms with Crippen molar-refractivity contribution in [2.75, 3.05) is 13.6 Å². The molecule has 4 heteroatoms. The normalized spacial score (nSPS) is 36.1. The van der Waals surface area contributed by atoms with Gasteiger partial charge in [0.15, 0.2) is 0 Å². The molecule has 0 aromatic carbocycles. The lowest BCUT2D eigenvalue weighted by atomic mass is 9.89. The van der Waals surface area contributed by atoms with Crippen molar-refractivity contribution in [2.24, 2.45) is 11.8 Å². The highest BCUT2D eigenvalue weighted by Gasteiger charge is 2.41. The Hall–Kier alpha value is -0.610. The van der Waals surface area contributed by atoms with Crippen molar-refractivity contribution in [3.8, 4) is 0 Å². The predicted molar refractivity (Wildman–Crippen MR) is 64.2 cm³/mol. The molecule has 1 fully saturated rings. The summed E-state index contributed by atoms with van der Waals surface area (Å²) in [5.41, 5.74) is 0. The van der Waals surface area contributed by atoms with Crippen LogP contribution in [0.4, 0.5) is 0 Å². The van der Waals surface area contributed by atoms with Crippen molar-refractivity contribution in [1.29, 1.82) is 0 Å². The molecule has 0 radical (unpaired) electrons. The number of carbonyl (C=O) groups excluding carboxylic acids is 1. The van der Waals surface area contributed by atoms with Gasteiger partial charge < -0.3 is 15.4 Å². The molecule has 5 unspecified atom stereocenters. The molecule has 1 heterocycles. The minimum Gasteiger partial charge on any atom is -0.374 e. The monoisotopic (exact) mass is 228 g/mol. The Labute approximate surface area is 98.1 Å². The van der Waals surface area contributed by atoms with E-state index in [2.05, 4.69) is 17.6 Å². The third kappa shape index (κ3) is 2.95. The van der Waals surface area contributed by atoms with Crippen LogP contribution < -0.4 is 10.6 Å². The molecule has 0 aliphatic carbocycles. The van der Waals surface area contributed by atoms with Crippen LogP contribution >= 0.6 is 0 Å². The zero-order valence-electron chi connectivity index (χ0n) is 10.9. The number of likely N-dealkylation sites (N-methyl/N-ethyl adjacent to an activating group) is 1. The molecule has 0 saturated carbocycles. The summed E-state index contributed by atoms with van der Waals surface area (Å²) in [7, 11) is 1.89. The SMILES string of the molecule is CNC(C)CNC(=O)C1C(C)OC(C)C1C. The second-order valence-corrected chi connectivity index (χ2v) is 4.87. The second kappa shape index (κ2) is 5.64. The van der Waals surface area contributed by atoms with Crippen LogP contribution in [0.1, 0.15) is 27.7 Å². The van der Waals surface area contributed by atoms with E-state index in [0.717, 1.165) is 0 Å². The number of hydrogen-bond acceptors (Lipinski definition) is 3. The molecule has 0 bridgehead atoms. The molecule has 16 heavy (non-hydrogen) atoms. The quantitative estimate of drug-likeness (QED) is 0.747. The summed E-state index contributed by atoms with van der Waals surface area (Å²) in [4.78, 5) is 12.0. The van der Waals surface area contributed by atoms with Crippen molar-refractivity contribution in [3.05, 3.63) is 0 Å². The zero-order chi connectivity index (χ0) is 12.3. The number of amides is 1. The Morgan fingerprint density at radius 1 is 1.31 bits per heavy atom. The van der Waals surface area contributed by atoms with Crippen LogP contribution in [0.25, 0.3) is 0 Å². The van der Waals surface area contributed by atoms with Crippen LogP contribution in [-0.4, -0.2) is 37.7 Å². The number of carbonyl (C=O) groups is 1. The van der Waals surface area contributed by atoms with E-state index >= 15 is 0 Å². The molecule has 5 atom stereocenters. The fraction of sp³-hybridized carbons (Fsp3) is 0.917. The van der Waals surface area contributed by atoms with E-state index in [-0.39, 0.29) is 24.0 Å². The van der Waals surface area contributed by atoms with Gasteiger partial charge in [0.1, 0.15) is 0 Å². The Morgan fingerprint density at radius 2 is 1.94 bits per heavy atom. The molecule has 0 aromatic heterocycles. The fourth-order valence-electron chi connectivity index (χ4n) is 2.19. The lowest BCUT2D eigenvalue weighted by Gasteiger charge is -2.19. The first-order valence-corrected chi connectivity index (χ1v) is 6.07. The number of hydrogen-bond donors (Lipinski definition) is 2. The van der Waals surface area contributed by atoms with Crippen LogP contribution in [0.5, 0.6) is 0 Å². The van der Waals surface area contributed by atoms with E-state index in [1.807, 2.05) is 27.8 Å². The van der Waals surface area contributed by atoms with Gasteiger partial charge in [0, 0.05) is 12.6 Å². The van der Waals surface area contributed by atoms with Gasteiger partial charge in [0.2, 0.25) is 5.91 Å². The molecule has 0 aromatic rings. The highest BCUT2D eigenvalue weighted by molar-refractivity contribution is 5.79. The van der Waals surface area contributed by atoms with E-state index < -0.39 is 0 Å². The highest BCUT2D eigenvalue weighted by atomic mass is 16.5. The summed E-state index contributed by atoms with van der Waals surface area (Å²) in [6.07, 6.45) is 0.197. The lowest BCUT2D eigenvalue weighted by molar-refractivity contribution is -0.127. The van der Waals surface area contributed by atoms with Gasteiger partial charge in [0.05, 0.1) is 18.1 Å². The molecule has 2 N–H and O–H groups in total. The fourth-order valence-corrected chi connectivity index (χ4v) is 2.19. The van der Waals surface area contributed by atoms with E-state index in [0.29, 0.717) is 18.5 Å². The molecule has 1 amide bonds. The van der Waals surface area contributed by atoms with Crippen LogP contribution in [-0.2, 0) is 9.53 Å². The smallest absolute Gasteiger partial charge is 0.226 e. The Balaban J connectivity index is 2.47. The maximum Gasteiger partial charge on any atom is 0.226 e.